The maximum Gasteiger partial charge on any atom is 0.337 e. The Bertz CT molecular complexity index is 1650. The molecule has 0 fully saturated rings. The van der Waals surface area contributed by atoms with Gasteiger partial charge in [0.25, 0.3) is 5.56 Å². The third-order valence-corrected chi connectivity index (χ3v) is 6.52. The van der Waals surface area contributed by atoms with E-state index in [0.717, 1.165) is 11.1 Å². The standard InChI is InChI=1S/C29H27ClN4O3/c1-20(2)22-11-13-24(14-12-22)34-27-26(32(19-31-27)18-21-7-6-8-23(30)17-21)28(35)33(29(34)36)15-16-37-25-9-4-3-5-10-25/h3-14,17,19-20H,15-16,18H2,1-2H3. The molecule has 2 heterocycles. The summed E-state index contributed by atoms with van der Waals surface area (Å²) >= 11 is 6.18. The van der Waals surface area contributed by atoms with E-state index < -0.39 is 11.2 Å². The lowest BCUT2D eigenvalue weighted by Gasteiger charge is -2.14. The SMILES string of the molecule is CC(C)c1ccc(-n2c(=O)n(CCOc3ccccc3)c(=O)c3c2ncn3Cc2cccc(Cl)c2)cc1. The summed E-state index contributed by atoms with van der Waals surface area (Å²) in [7, 11) is 0. The first-order valence-electron chi connectivity index (χ1n) is 12.2. The third-order valence-electron chi connectivity index (χ3n) is 6.29. The van der Waals surface area contributed by atoms with Gasteiger partial charge < -0.3 is 9.30 Å². The molecular weight excluding hydrogens is 488 g/mol. The van der Waals surface area contributed by atoms with Crippen LogP contribution in [0.25, 0.3) is 16.9 Å². The number of ether oxygens (including phenoxy) is 1. The number of halogens is 1. The number of aromatic nitrogens is 4. The van der Waals surface area contributed by atoms with E-state index in [2.05, 4.69) is 18.8 Å². The van der Waals surface area contributed by atoms with Crippen molar-refractivity contribution >= 4 is 22.8 Å². The van der Waals surface area contributed by atoms with Gasteiger partial charge in [0.2, 0.25) is 0 Å². The van der Waals surface area contributed by atoms with Crippen LogP contribution in [0.1, 0.15) is 30.9 Å². The Morgan fingerprint density at radius 2 is 1.70 bits per heavy atom. The van der Waals surface area contributed by atoms with Crippen LogP contribution in [0.15, 0.2) is 94.8 Å². The van der Waals surface area contributed by atoms with Gasteiger partial charge in [-0.1, -0.05) is 67.9 Å². The topological polar surface area (TPSA) is 71.1 Å². The molecule has 0 bridgehead atoms. The second-order valence-corrected chi connectivity index (χ2v) is 9.59. The van der Waals surface area contributed by atoms with Crippen molar-refractivity contribution in [1.29, 1.82) is 0 Å². The fourth-order valence-corrected chi connectivity index (χ4v) is 4.55. The largest absolute Gasteiger partial charge is 0.492 e. The zero-order valence-electron chi connectivity index (χ0n) is 20.7. The molecular formula is C29H27ClN4O3. The normalized spacial score (nSPS) is 11.4. The maximum atomic E-state index is 13.7. The minimum atomic E-state index is -0.459. The molecule has 5 rings (SSSR count). The van der Waals surface area contributed by atoms with E-state index >= 15 is 0 Å². The summed E-state index contributed by atoms with van der Waals surface area (Å²) in [6, 6.07) is 24.5. The summed E-state index contributed by atoms with van der Waals surface area (Å²) in [5, 5.41) is 0.611. The number of hydrogen-bond donors (Lipinski definition) is 0. The van der Waals surface area contributed by atoms with Crippen LogP contribution in [0.3, 0.4) is 0 Å². The first-order valence-corrected chi connectivity index (χ1v) is 12.5. The highest BCUT2D eigenvalue weighted by atomic mass is 35.5. The fourth-order valence-electron chi connectivity index (χ4n) is 4.34. The molecule has 0 saturated carbocycles. The molecule has 0 spiro atoms. The van der Waals surface area contributed by atoms with Gasteiger partial charge in [-0.2, -0.15) is 0 Å². The van der Waals surface area contributed by atoms with E-state index in [4.69, 9.17) is 16.3 Å². The quantitative estimate of drug-likeness (QED) is 0.283. The number of benzene rings is 3. The average molecular weight is 515 g/mol. The van der Waals surface area contributed by atoms with Crippen LogP contribution >= 0.6 is 11.6 Å². The number of imidazole rings is 1. The molecule has 0 aliphatic heterocycles. The third kappa shape index (κ3) is 5.08. The number of nitrogens with zero attached hydrogens (tertiary/aromatic N) is 4. The second kappa shape index (κ2) is 10.5. The molecule has 3 aromatic carbocycles. The molecule has 37 heavy (non-hydrogen) atoms. The highest BCUT2D eigenvalue weighted by molar-refractivity contribution is 6.30. The lowest BCUT2D eigenvalue weighted by Crippen LogP contribution is -2.41. The minimum absolute atomic E-state index is 0.0922. The molecule has 188 valence electrons. The van der Waals surface area contributed by atoms with Gasteiger partial charge >= 0.3 is 5.69 Å². The van der Waals surface area contributed by atoms with E-state index in [0.29, 0.717) is 40.1 Å². The fraction of sp³-hybridized carbons (Fsp3) is 0.207. The van der Waals surface area contributed by atoms with Crippen LogP contribution in [0, 0.1) is 0 Å². The van der Waals surface area contributed by atoms with E-state index in [1.807, 2.05) is 72.8 Å². The molecule has 0 aliphatic carbocycles. The average Bonchev–Trinajstić information content (AvgIpc) is 3.30. The molecule has 0 saturated heterocycles. The second-order valence-electron chi connectivity index (χ2n) is 9.16. The van der Waals surface area contributed by atoms with Crippen molar-refractivity contribution in [3.63, 3.8) is 0 Å². The minimum Gasteiger partial charge on any atom is -0.492 e. The van der Waals surface area contributed by atoms with Crippen LogP contribution < -0.4 is 16.0 Å². The Morgan fingerprint density at radius 1 is 0.946 bits per heavy atom. The predicted octanol–water partition coefficient (Wildman–Crippen LogP) is 5.25. The van der Waals surface area contributed by atoms with E-state index in [-0.39, 0.29) is 13.2 Å². The van der Waals surface area contributed by atoms with Crippen LogP contribution in [0.4, 0.5) is 0 Å². The van der Waals surface area contributed by atoms with Crippen molar-refractivity contribution in [3.05, 3.63) is 122 Å². The molecule has 0 amide bonds. The molecule has 5 aromatic rings. The van der Waals surface area contributed by atoms with Gasteiger partial charge in [-0.25, -0.2) is 14.3 Å². The van der Waals surface area contributed by atoms with Gasteiger partial charge in [0.15, 0.2) is 11.2 Å². The van der Waals surface area contributed by atoms with Crippen molar-refractivity contribution < 1.29 is 4.74 Å². The molecule has 7 nitrogen and oxygen atoms in total. The molecule has 8 heteroatoms. The van der Waals surface area contributed by atoms with E-state index in [1.165, 1.54) is 9.13 Å². The zero-order valence-corrected chi connectivity index (χ0v) is 21.4. The Balaban J connectivity index is 1.62. The first kappa shape index (κ1) is 24.6. The highest BCUT2D eigenvalue weighted by Gasteiger charge is 2.20. The van der Waals surface area contributed by atoms with Gasteiger partial charge in [0, 0.05) is 11.6 Å². The van der Waals surface area contributed by atoms with Crippen molar-refractivity contribution in [2.24, 2.45) is 0 Å². The van der Waals surface area contributed by atoms with E-state index in [9.17, 15) is 9.59 Å². The summed E-state index contributed by atoms with van der Waals surface area (Å²) in [6.45, 7) is 4.87. The number of hydrogen-bond acceptors (Lipinski definition) is 4. The molecule has 0 atom stereocenters. The number of rotatable bonds is 8. The molecule has 2 aromatic heterocycles. The van der Waals surface area contributed by atoms with Crippen molar-refractivity contribution in [3.8, 4) is 11.4 Å². The van der Waals surface area contributed by atoms with Gasteiger partial charge in [-0.05, 0) is 53.4 Å². The lowest BCUT2D eigenvalue weighted by atomic mass is 10.0. The number of para-hydroxylation sites is 1. The summed E-state index contributed by atoms with van der Waals surface area (Å²) in [4.78, 5) is 31.9. The molecule has 0 unspecified atom stereocenters. The van der Waals surface area contributed by atoms with Gasteiger partial charge in [0.1, 0.15) is 12.4 Å². The lowest BCUT2D eigenvalue weighted by molar-refractivity contribution is 0.293. The smallest absolute Gasteiger partial charge is 0.337 e. The Labute approximate surface area is 219 Å². The van der Waals surface area contributed by atoms with E-state index in [1.54, 1.807) is 17.0 Å². The van der Waals surface area contributed by atoms with Crippen LogP contribution in [-0.4, -0.2) is 25.3 Å². The summed E-state index contributed by atoms with van der Waals surface area (Å²) < 4.78 is 10.3. The first-order chi connectivity index (χ1) is 17.9. The monoisotopic (exact) mass is 514 g/mol. The van der Waals surface area contributed by atoms with Crippen molar-refractivity contribution in [2.75, 3.05) is 6.61 Å². The molecule has 0 radical (unpaired) electrons. The van der Waals surface area contributed by atoms with Crippen LogP contribution in [-0.2, 0) is 13.1 Å². The number of fused-ring (bicyclic) bond motifs is 1. The maximum absolute atomic E-state index is 13.7. The summed E-state index contributed by atoms with van der Waals surface area (Å²) in [5.41, 5.74) is 2.51. The van der Waals surface area contributed by atoms with Gasteiger partial charge in [-0.3, -0.25) is 9.36 Å². The van der Waals surface area contributed by atoms with Gasteiger partial charge in [-0.15, -0.1) is 0 Å². The molecule has 0 N–H and O–H groups in total. The predicted molar refractivity (Wildman–Crippen MR) is 146 cm³/mol. The Kier molecular flexibility index (Phi) is 6.97. The van der Waals surface area contributed by atoms with Crippen molar-refractivity contribution in [1.82, 2.24) is 18.7 Å². The molecule has 0 aliphatic rings. The zero-order chi connectivity index (χ0) is 25.9. The van der Waals surface area contributed by atoms with Crippen LogP contribution in [0.5, 0.6) is 5.75 Å². The highest BCUT2D eigenvalue weighted by Crippen LogP contribution is 2.19. The van der Waals surface area contributed by atoms with Crippen LogP contribution in [0.2, 0.25) is 5.02 Å². The Hall–Kier alpha value is -4.10. The Morgan fingerprint density at radius 3 is 2.41 bits per heavy atom. The summed E-state index contributed by atoms with van der Waals surface area (Å²) in [5.74, 6) is 1.03. The summed E-state index contributed by atoms with van der Waals surface area (Å²) in [6.07, 6.45) is 1.59. The van der Waals surface area contributed by atoms with Crippen molar-refractivity contribution in [2.45, 2.75) is 32.9 Å². The van der Waals surface area contributed by atoms with Gasteiger partial charge in [0.05, 0.1) is 18.6 Å².